The highest BCUT2D eigenvalue weighted by molar-refractivity contribution is 6.09. The summed E-state index contributed by atoms with van der Waals surface area (Å²) in [5.74, 6) is -2.03. The highest BCUT2D eigenvalue weighted by Gasteiger charge is 2.59. The van der Waals surface area contributed by atoms with Crippen LogP contribution in [-0.2, 0) is 9.59 Å². The maximum atomic E-state index is 12.5. The van der Waals surface area contributed by atoms with Gasteiger partial charge in [0, 0.05) is 0 Å². The second-order valence-corrected chi connectivity index (χ2v) is 6.42. The van der Waals surface area contributed by atoms with Gasteiger partial charge in [-0.1, -0.05) is 24.3 Å². The van der Waals surface area contributed by atoms with E-state index < -0.39 is 5.91 Å². The van der Waals surface area contributed by atoms with Crippen molar-refractivity contribution in [2.45, 2.75) is 13.3 Å². The van der Waals surface area contributed by atoms with Crippen LogP contribution < -0.4 is 5.43 Å². The van der Waals surface area contributed by atoms with Crippen LogP contribution in [0.15, 0.2) is 30.4 Å². The van der Waals surface area contributed by atoms with Crippen LogP contribution in [0.5, 0.6) is 5.75 Å². The number of para-hydroxylation sites is 1. The average molecular weight is 312 g/mol. The third kappa shape index (κ3) is 1.84. The molecule has 1 saturated heterocycles. The number of nitrogens with zero attached hydrogens (tertiary/aromatic N) is 1. The number of imide groups is 1. The second-order valence-electron chi connectivity index (χ2n) is 6.42. The van der Waals surface area contributed by atoms with Crippen molar-refractivity contribution in [2.75, 3.05) is 0 Å². The first-order valence-corrected chi connectivity index (χ1v) is 7.64. The van der Waals surface area contributed by atoms with Crippen LogP contribution in [0.1, 0.15) is 22.3 Å². The first-order valence-electron chi connectivity index (χ1n) is 7.64. The fraction of sp³-hybridized carbons (Fsp3) is 0.353. The van der Waals surface area contributed by atoms with Gasteiger partial charge in [-0.25, -0.2) is 0 Å². The van der Waals surface area contributed by atoms with E-state index >= 15 is 0 Å². The third-order valence-electron chi connectivity index (χ3n) is 5.17. The van der Waals surface area contributed by atoms with Crippen molar-refractivity contribution in [3.63, 3.8) is 0 Å². The highest BCUT2D eigenvalue weighted by Crippen LogP contribution is 2.52. The van der Waals surface area contributed by atoms with Crippen molar-refractivity contribution in [3.05, 3.63) is 41.5 Å². The summed E-state index contributed by atoms with van der Waals surface area (Å²) < 4.78 is 0. The number of phenolic OH excluding ortho intramolecular Hbond substituents is 1. The Balaban J connectivity index is 1.58. The number of rotatable bonds is 2. The molecule has 2 bridgehead atoms. The SMILES string of the molecule is Cc1cccc(C(=O)NN2C(=O)[C@@H]3[C@@H](C2=O)[C@H]2C=C[C@H]3C2)c1O. The van der Waals surface area contributed by atoms with Crippen LogP contribution in [0.25, 0.3) is 0 Å². The lowest BCUT2D eigenvalue weighted by Crippen LogP contribution is -2.47. The fourth-order valence-corrected chi connectivity index (χ4v) is 4.02. The van der Waals surface area contributed by atoms with Crippen LogP contribution in [0.3, 0.4) is 0 Å². The number of allylic oxidation sites excluding steroid dienone is 2. The van der Waals surface area contributed by atoms with Gasteiger partial charge in [0.1, 0.15) is 5.75 Å². The van der Waals surface area contributed by atoms with Gasteiger partial charge in [-0.15, -0.1) is 0 Å². The molecule has 6 heteroatoms. The zero-order chi connectivity index (χ0) is 16.3. The molecule has 1 aromatic carbocycles. The molecular formula is C17H16N2O4. The van der Waals surface area contributed by atoms with E-state index in [-0.39, 0.29) is 46.8 Å². The van der Waals surface area contributed by atoms with Crippen molar-refractivity contribution in [2.24, 2.45) is 23.7 Å². The molecule has 0 spiro atoms. The van der Waals surface area contributed by atoms with Gasteiger partial charge < -0.3 is 5.11 Å². The molecule has 23 heavy (non-hydrogen) atoms. The van der Waals surface area contributed by atoms with Crippen molar-refractivity contribution >= 4 is 17.7 Å². The molecule has 2 fully saturated rings. The largest absolute Gasteiger partial charge is 0.507 e. The number of hydrogen-bond donors (Lipinski definition) is 2. The standard InChI is InChI=1S/C17H16N2O4/c1-8-3-2-4-11(14(8)20)15(21)18-19-16(22)12-9-5-6-10(7-9)13(12)17(19)23/h2-6,9-10,12-13,20H,7H2,1H3,(H,18,21)/t9-,10-,12-,13-/m0/s1. The molecule has 0 aromatic heterocycles. The van der Waals surface area contributed by atoms with Crippen molar-refractivity contribution in [1.82, 2.24) is 10.4 Å². The van der Waals surface area contributed by atoms with Gasteiger partial charge in [0.05, 0.1) is 17.4 Å². The van der Waals surface area contributed by atoms with Gasteiger partial charge in [-0.3, -0.25) is 19.8 Å². The first-order chi connectivity index (χ1) is 11.0. The summed E-state index contributed by atoms with van der Waals surface area (Å²) in [6, 6.07) is 4.76. The van der Waals surface area contributed by atoms with E-state index in [0.29, 0.717) is 5.56 Å². The molecular weight excluding hydrogens is 296 g/mol. The predicted molar refractivity (Wildman–Crippen MR) is 79.9 cm³/mol. The summed E-state index contributed by atoms with van der Waals surface area (Å²) in [5.41, 5.74) is 2.96. The number of phenols is 1. The zero-order valence-corrected chi connectivity index (χ0v) is 12.5. The van der Waals surface area contributed by atoms with Crippen molar-refractivity contribution in [3.8, 4) is 5.75 Å². The normalized spacial score (nSPS) is 30.9. The minimum absolute atomic E-state index is 0.0451. The molecule has 118 valence electrons. The molecule has 2 N–H and O–H groups in total. The monoisotopic (exact) mass is 312 g/mol. The number of carbonyl (C=O) groups is 3. The van der Waals surface area contributed by atoms with E-state index in [0.717, 1.165) is 11.4 Å². The van der Waals surface area contributed by atoms with E-state index in [1.54, 1.807) is 19.1 Å². The molecule has 1 aliphatic heterocycles. The Morgan fingerprint density at radius 2 is 1.78 bits per heavy atom. The van der Waals surface area contributed by atoms with Crippen LogP contribution in [0.2, 0.25) is 0 Å². The quantitative estimate of drug-likeness (QED) is 0.633. The van der Waals surface area contributed by atoms with Gasteiger partial charge in [0.2, 0.25) is 0 Å². The average Bonchev–Trinajstić information content (AvgIpc) is 3.19. The topological polar surface area (TPSA) is 86.7 Å². The van der Waals surface area contributed by atoms with E-state index in [1.165, 1.54) is 6.07 Å². The molecule has 6 nitrogen and oxygen atoms in total. The number of aryl methyl sites for hydroxylation is 1. The van der Waals surface area contributed by atoms with Gasteiger partial charge in [0.15, 0.2) is 0 Å². The summed E-state index contributed by atoms with van der Waals surface area (Å²) in [6.45, 7) is 1.67. The molecule has 3 aliphatic rings. The zero-order valence-electron chi connectivity index (χ0n) is 12.5. The molecule has 2 aliphatic carbocycles. The van der Waals surface area contributed by atoms with Gasteiger partial charge in [0.25, 0.3) is 17.7 Å². The van der Waals surface area contributed by atoms with Crippen LogP contribution in [0.4, 0.5) is 0 Å². The lowest BCUT2D eigenvalue weighted by Gasteiger charge is -2.18. The number of nitrogens with one attached hydrogen (secondary N) is 1. The van der Waals surface area contributed by atoms with Crippen LogP contribution in [0, 0.1) is 30.6 Å². The molecule has 4 atom stereocenters. The summed E-state index contributed by atoms with van der Waals surface area (Å²) in [4.78, 5) is 37.3. The van der Waals surface area contributed by atoms with Gasteiger partial charge in [-0.05, 0) is 36.8 Å². The maximum Gasteiger partial charge on any atom is 0.274 e. The lowest BCUT2D eigenvalue weighted by atomic mass is 9.85. The predicted octanol–water partition coefficient (Wildman–Crippen LogP) is 1.15. The first kappa shape index (κ1) is 14.0. The fourth-order valence-electron chi connectivity index (χ4n) is 4.02. The maximum absolute atomic E-state index is 12.5. The Hall–Kier alpha value is -2.63. The van der Waals surface area contributed by atoms with E-state index in [2.05, 4.69) is 5.43 Å². The Morgan fingerprint density at radius 3 is 2.39 bits per heavy atom. The number of benzene rings is 1. The smallest absolute Gasteiger partial charge is 0.274 e. The number of amides is 3. The number of fused-ring (bicyclic) bond motifs is 5. The molecule has 1 saturated carbocycles. The minimum atomic E-state index is -0.659. The molecule has 0 radical (unpaired) electrons. The van der Waals surface area contributed by atoms with Gasteiger partial charge >= 0.3 is 0 Å². The number of hydrogen-bond acceptors (Lipinski definition) is 4. The van der Waals surface area contributed by atoms with Crippen LogP contribution in [-0.4, -0.2) is 27.8 Å². The molecule has 4 rings (SSSR count). The molecule has 1 heterocycles. The third-order valence-corrected chi connectivity index (χ3v) is 5.17. The lowest BCUT2D eigenvalue weighted by molar-refractivity contribution is -0.143. The summed E-state index contributed by atoms with van der Waals surface area (Å²) in [7, 11) is 0. The van der Waals surface area contributed by atoms with Crippen molar-refractivity contribution < 1.29 is 19.5 Å². The minimum Gasteiger partial charge on any atom is -0.507 e. The Kier molecular flexibility index (Phi) is 2.85. The Bertz CT molecular complexity index is 740. The molecule has 0 unspecified atom stereocenters. The molecule has 1 aromatic rings. The number of aromatic hydroxyl groups is 1. The Morgan fingerprint density at radius 1 is 1.17 bits per heavy atom. The number of carbonyl (C=O) groups excluding carboxylic acids is 3. The van der Waals surface area contributed by atoms with Crippen molar-refractivity contribution in [1.29, 1.82) is 0 Å². The second kappa shape index (κ2) is 4.68. The number of hydrazine groups is 1. The summed E-state index contributed by atoms with van der Waals surface area (Å²) in [5, 5.41) is 10.8. The molecule has 3 amide bonds. The summed E-state index contributed by atoms with van der Waals surface area (Å²) in [6.07, 6.45) is 4.83. The highest BCUT2D eigenvalue weighted by atomic mass is 16.3. The Labute approximate surface area is 132 Å². The van der Waals surface area contributed by atoms with Gasteiger partial charge in [-0.2, -0.15) is 5.01 Å². The van der Waals surface area contributed by atoms with E-state index in [1.807, 2.05) is 12.2 Å². The van der Waals surface area contributed by atoms with Crippen LogP contribution >= 0.6 is 0 Å². The van der Waals surface area contributed by atoms with E-state index in [4.69, 9.17) is 0 Å². The van der Waals surface area contributed by atoms with E-state index in [9.17, 15) is 19.5 Å². The summed E-state index contributed by atoms with van der Waals surface area (Å²) >= 11 is 0.